The normalized spacial score (nSPS) is 27.2. The van der Waals surface area contributed by atoms with Gasteiger partial charge in [-0.05, 0) is 44.4 Å². The lowest BCUT2D eigenvalue weighted by Crippen LogP contribution is -2.52. The molecule has 6 nitrogen and oxygen atoms in total. The van der Waals surface area contributed by atoms with Gasteiger partial charge >= 0.3 is 0 Å². The number of pyridine rings is 1. The lowest BCUT2D eigenvalue weighted by molar-refractivity contribution is -0.00693. The van der Waals surface area contributed by atoms with Crippen molar-refractivity contribution in [2.24, 2.45) is 0 Å². The summed E-state index contributed by atoms with van der Waals surface area (Å²) in [6.07, 6.45) is 0.893. The van der Waals surface area contributed by atoms with Crippen molar-refractivity contribution in [2.45, 2.75) is 56.8 Å². The number of ether oxygens (including phenoxy) is 2. The van der Waals surface area contributed by atoms with Crippen LogP contribution in [0.5, 0.6) is 11.5 Å². The van der Waals surface area contributed by atoms with E-state index in [-0.39, 0.29) is 6.04 Å². The van der Waals surface area contributed by atoms with Crippen molar-refractivity contribution in [3.05, 3.63) is 71.1 Å². The van der Waals surface area contributed by atoms with Crippen molar-refractivity contribution in [1.82, 2.24) is 9.88 Å². The first kappa shape index (κ1) is 21.3. The molecule has 6 rings (SSSR count). The second-order valence-corrected chi connectivity index (χ2v) is 10.0. The number of rotatable bonds is 2. The Balaban J connectivity index is 1.63. The van der Waals surface area contributed by atoms with E-state index in [1.807, 2.05) is 30.3 Å². The minimum Gasteiger partial charge on any atom is -0.493 e. The number of benzene rings is 2. The van der Waals surface area contributed by atoms with Crippen LogP contribution in [0, 0.1) is 0 Å². The molecule has 0 fully saturated rings. The molecular formula is C28H31N3O3. The lowest BCUT2D eigenvalue weighted by atomic mass is 9.62. The van der Waals surface area contributed by atoms with Crippen molar-refractivity contribution >= 4 is 16.6 Å². The molecule has 1 aliphatic carbocycles. The first-order chi connectivity index (χ1) is 16.4. The standard InChI is InChI=1S/C28H31N3O3/c1-15(2)31-12-11-28-22(32)14-19-24(29)18-7-5-6-8-20(18)30-25(19)27(28)34-26-21(33-4)10-9-17(23(26)28)13-16(31)3/h5-10,16,22,27,32H,1,11-14H2,2-4H3,(H2,29,30)/t16-,22-,27-,28-/m0/s1. The van der Waals surface area contributed by atoms with E-state index in [0.29, 0.717) is 17.9 Å². The molecule has 2 aromatic carbocycles. The molecule has 1 aromatic heterocycles. The summed E-state index contributed by atoms with van der Waals surface area (Å²) in [5.41, 5.74) is 12.6. The van der Waals surface area contributed by atoms with Crippen LogP contribution in [0.2, 0.25) is 0 Å². The SMILES string of the molecule is C=C(C)N1CC[C@]23c4c(ccc(OC)c4O[C@H]2c2nc4ccccc4c(N)c2C[C@@H]3O)C[C@@H]1C. The van der Waals surface area contributed by atoms with Crippen molar-refractivity contribution in [3.63, 3.8) is 0 Å². The highest BCUT2D eigenvalue weighted by molar-refractivity contribution is 5.92. The van der Waals surface area contributed by atoms with Crippen molar-refractivity contribution in [3.8, 4) is 11.5 Å². The van der Waals surface area contributed by atoms with E-state index in [0.717, 1.165) is 58.6 Å². The highest BCUT2D eigenvalue weighted by Crippen LogP contribution is 2.62. The Kier molecular flexibility index (Phi) is 4.62. The first-order valence-electron chi connectivity index (χ1n) is 12.0. The van der Waals surface area contributed by atoms with Gasteiger partial charge < -0.3 is 25.2 Å². The zero-order valence-electron chi connectivity index (χ0n) is 20.0. The van der Waals surface area contributed by atoms with Crippen LogP contribution in [-0.4, -0.2) is 40.8 Å². The average molecular weight is 458 g/mol. The highest BCUT2D eigenvalue weighted by atomic mass is 16.5. The molecule has 3 heterocycles. The quantitative estimate of drug-likeness (QED) is 0.598. The highest BCUT2D eigenvalue weighted by Gasteiger charge is 2.60. The summed E-state index contributed by atoms with van der Waals surface area (Å²) in [6.45, 7) is 9.30. The molecule has 34 heavy (non-hydrogen) atoms. The summed E-state index contributed by atoms with van der Waals surface area (Å²) in [5, 5.41) is 12.8. The fourth-order valence-electron chi connectivity index (χ4n) is 6.61. The van der Waals surface area contributed by atoms with Crippen LogP contribution in [0.25, 0.3) is 10.9 Å². The molecule has 0 saturated heterocycles. The summed E-state index contributed by atoms with van der Waals surface area (Å²) in [6, 6.07) is 12.3. The van der Waals surface area contributed by atoms with Gasteiger partial charge in [0, 0.05) is 46.9 Å². The molecule has 3 aromatic rings. The lowest BCUT2D eigenvalue weighted by Gasteiger charge is -2.47. The third-order valence-electron chi connectivity index (χ3n) is 8.21. The molecule has 3 N–H and O–H groups in total. The topological polar surface area (TPSA) is 80.8 Å². The number of nitrogens with zero attached hydrogens (tertiary/aromatic N) is 2. The Hall–Kier alpha value is -3.25. The molecule has 3 aliphatic rings. The Morgan fingerprint density at radius 3 is 2.82 bits per heavy atom. The molecule has 0 unspecified atom stereocenters. The maximum Gasteiger partial charge on any atom is 0.166 e. The zero-order valence-corrected chi connectivity index (χ0v) is 20.0. The number of hydrogen-bond acceptors (Lipinski definition) is 6. The third kappa shape index (κ3) is 2.69. The van der Waals surface area contributed by atoms with Gasteiger partial charge in [0.1, 0.15) is 0 Å². The number of hydrogen-bond donors (Lipinski definition) is 2. The van der Waals surface area contributed by atoms with Gasteiger partial charge in [0.15, 0.2) is 17.6 Å². The van der Waals surface area contributed by atoms with Crippen LogP contribution in [-0.2, 0) is 18.3 Å². The number of aliphatic hydroxyl groups is 1. The largest absolute Gasteiger partial charge is 0.493 e. The maximum atomic E-state index is 11.9. The van der Waals surface area contributed by atoms with Crippen molar-refractivity contribution in [1.29, 1.82) is 0 Å². The minimum atomic E-state index is -0.664. The van der Waals surface area contributed by atoms with Crippen LogP contribution in [0.15, 0.2) is 48.7 Å². The van der Waals surface area contributed by atoms with Gasteiger partial charge in [0.05, 0.1) is 29.8 Å². The summed E-state index contributed by atoms with van der Waals surface area (Å²) in [4.78, 5) is 7.42. The van der Waals surface area contributed by atoms with E-state index in [4.69, 9.17) is 20.2 Å². The molecule has 0 amide bonds. The van der Waals surface area contributed by atoms with E-state index in [1.54, 1.807) is 7.11 Å². The van der Waals surface area contributed by atoms with Gasteiger partial charge in [0.2, 0.25) is 0 Å². The average Bonchev–Trinajstić information content (AvgIpc) is 3.16. The predicted molar refractivity (Wildman–Crippen MR) is 133 cm³/mol. The molecular weight excluding hydrogens is 426 g/mol. The van der Waals surface area contributed by atoms with Gasteiger partial charge in [-0.15, -0.1) is 0 Å². The van der Waals surface area contributed by atoms with Crippen LogP contribution >= 0.6 is 0 Å². The number of nitrogens with two attached hydrogens (primary N) is 1. The van der Waals surface area contributed by atoms with E-state index < -0.39 is 17.6 Å². The van der Waals surface area contributed by atoms with E-state index in [2.05, 4.69) is 31.4 Å². The number of aromatic nitrogens is 1. The van der Waals surface area contributed by atoms with E-state index in [9.17, 15) is 5.11 Å². The first-order valence-corrected chi connectivity index (χ1v) is 12.0. The number of methoxy groups -OCH3 is 1. The zero-order chi connectivity index (χ0) is 23.8. The van der Waals surface area contributed by atoms with Crippen LogP contribution in [0.3, 0.4) is 0 Å². The van der Waals surface area contributed by atoms with Gasteiger partial charge in [-0.1, -0.05) is 30.8 Å². The molecule has 0 radical (unpaired) electrons. The maximum absolute atomic E-state index is 11.9. The van der Waals surface area contributed by atoms with Crippen LogP contribution in [0.4, 0.5) is 5.69 Å². The van der Waals surface area contributed by atoms with Crippen LogP contribution in [0.1, 0.15) is 48.8 Å². The van der Waals surface area contributed by atoms with Crippen molar-refractivity contribution < 1.29 is 14.6 Å². The van der Waals surface area contributed by atoms with Gasteiger partial charge in [-0.25, -0.2) is 4.98 Å². The van der Waals surface area contributed by atoms with Crippen molar-refractivity contribution in [2.75, 3.05) is 19.4 Å². The fourth-order valence-corrected chi connectivity index (χ4v) is 6.61. The number of nitrogen functional groups attached to an aromatic ring is 1. The van der Waals surface area contributed by atoms with Gasteiger partial charge in [0.25, 0.3) is 0 Å². The Bertz CT molecular complexity index is 1340. The molecule has 176 valence electrons. The summed E-state index contributed by atoms with van der Waals surface area (Å²) in [7, 11) is 1.67. The van der Waals surface area contributed by atoms with Gasteiger partial charge in [-0.2, -0.15) is 0 Å². The molecule has 2 aliphatic heterocycles. The number of aliphatic hydroxyl groups excluding tert-OH is 1. The second kappa shape index (κ2) is 7.37. The summed E-state index contributed by atoms with van der Waals surface area (Å²) in [5.74, 6) is 1.43. The second-order valence-electron chi connectivity index (χ2n) is 10.0. The fraction of sp³-hybridized carbons (Fsp3) is 0.393. The van der Waals surface area contributed by atoms with Gasteiger partial charge in [-0.3, -0.25) is 0 Å². The Labute approximate surface area is 200 Å². The molecule has 0 bridgehead atoms. The monoisotopic (exact) mass is 457 g/mol. The third-order valence-corrected chi connectivity index (χ3v) is 8.21. The number of allylic oxidation sites excluding steroid dienone is 1. The summed E-state index contributed by atoms with van der Waals surface area (Å²) < 4.78 is 12.5. The van der Waals surface area contributed by atoms with Crippen LogP contribution < -0.4 is 15.2 Å². The van der Waals surface area contributed by atoms with E-state index in [1.165, 1.54) is 5.56 Å². The molecule has 0 saturated carbocycles. The Morgan fingerprint density at radius 1 is 1.26 bits per heavy atom. The summed E-state index contributed by atoms with van der Waals surface area (Å²) >= 11 is 0. The smallest absolute Gasteiger partial charge is 0.166 e. The molecule has 4 atom stereocenters. The predicted octanol–water partition coefficient (Wildman–Crippen LogP) is 4.28. The number of para-hydroxylation sites is 1. The number of anilines is 1. The number of fused-ring (bicyclic) bond motifs is 3. The molecule has 1 spiro atoms. The van der Waals surface area contributed by atoms with E-state index >= 15 is 0 Å². The Morgan fingerprint density at radius 2 is 2.06 bits per heavy atom. The molecule has 6 heteroatoms. The minimum absolute atomic E-state index is 0.289.